The molecule has 1 unspecified atom stereocenters. The number of aliphatic imine (C=N–C) groups is 1. The molecule has 3 atom stereocenters. The molecule has 2 aliphatic heterocycles. The molecule has 5 rings (SSSR count). The highest BCUT2D eigenvalue weighted by Gasteiger charge is 2.47. The van der Waals surface area contributed by atoms with E-state index in [0.717, 1.165) is 5.56 Å². The first-order chi connectivity index (χ1) is 19.9. The third kappa shape index (κ3) is 6.39. The van der Waals surface area contributed by atoms with E-state index in [1.54, 1.807) is 41.3 Å². The van der Waals surface area contributed by atoms with Gasteiger partial charge in [-0.1, -0.05) is 36.4 Å². The Balaban J connectivity index is 1.20. The summed E-state index contributed by atoms with van der Waals surface area (Å²) >= 11 is 0. The maximum Gasteiger partial charge on any atom is 0.248 e. The quantitative estimate of drug-likeness (QED) is 0.391. The molecule has 0 bridgehead atoms. The largest absolute Gasteiger partial charge is 0.437 e. The Kier molecular flexibility index (Phi) is 8.20. The lowest BCUT2D eigenvalue weighted by Crippen LogP contribution is -2.56. The molecule has 224 valence electrons. The average molecular weight is 584 g/mol. The Morgan fingerprint density at radius 1 is 1.07 bits per heavy atom. The van der Waals surface area contributed by atoms with Gasteiger partial charge >= 0.3 is 0 Å². The molecule has 6 N–H and O–H groups in total. The molecule has 0 radical (unpaired) electrons. The van der Waals surface area contributed by atoms with Crippen LogP contribution in [0.4, 0.5) is 8.78 Å². The van der Waals surface area contributed by atoms with Crippen LogP contribution in [0.15, 0.2) is 71.2 Å². The third-order valence-corrected chi connectivity index (χ3v) is 8.35. The summed E-state index contributed by atoms with van der Waals surface area (Å²) < 4.78 is 34.4. The number of rotatable bonds is 7. The maximum absolute atomic E-state index is 14.4. The molecule has 2 heterocycles. The van der Waals surface area contributed by atoms with Gasteiger partial charge in [-0.25, -0.2) is 13.8 Å². The van der Waals surface area contributed by atoms with Crippen molar-refractivity contribution in [3.8, 4) is 5.75 Å². The van der Waals surface area contributed by atoms with Gasteiger partial charge in [0.15, 0.2) is 6.23 Å². The summed E-state index contributed by atoms with van der Waals surface area (Å²) in [5.41, 5.74) is 11.0. The molecule has 0 spiro atoms. The second-order valence-corrected chi connectivity index (χ2v) is 11.3. The first kappa shape index (κ1) is 29.5. The number of amides is 2. The van der Waals surface area contributed by atoms with Gasteiger partial charge in [0.05, 0.1) is 18.5 Å². The van der Waals surface area contributed by atoms with Crippen molar-refractivity contribution in [1.82, 2.24) is 9.80 Å². The van der Waals surface area contributed by atoms with Crippen molar-refractivity contribution in [2.45, 2.75) is 55.8 Å². The van der Waals surface area contributed by atoms with Crippen molar-refractivity contribution in [2.75, 3.05) is 19.6 Å². The van der Waals surface area contributed by atoms with Crippen LogP contribution < -0.4 is 16.2 Å². The molecule has 12 heteroatoms. The lowest BCUT2D eigenvalue weighted by atomic mass is 9.73. The van der Waals surface area contributed by atoms with Gasteiger partial charge in [-0.05, 0) is 43.0 Å². The highest BCUT2D eigenvalue weighted by molar-refractivity contribution is 5.93. The van der Waals surface area contributed by atoms with E-state index in [1.165, 1.54) is 23.4 Å². The van der Waals surface area contributed by atoms with Crippen LogP contribution >= 0.6 is 0 Å². The van der Waals surface area contributed by atoms with E-state index in [4.69, 9.17) is 16.2 Å². The summed E-state index contributed by atoms with van der Waals surface area (Å²) in [7, 11) is 0. The van der Waals surface area contributed by atoms with Crippen LogP contribution in [0, 0.1) is 5.92 Å². The molecule has 2 amide bonds. The summed E-state index contributed by atoms with van der Waals surface area (Å²) in [5, 5.41) is 22.2. The molecular weight excluding hydrogens is 548 g/mol. The minimum Gasteiger partial charge on any atom is -0.437 e. The Bertz CT molecular complexity index is 1380. The van der Waals surface area contributed by atoms with Gasteiger partial charge in [-0.3, -0.25) is 9.59 Å². The number of halogens is 2. The number of β-amino-alcohol motifs (C(OH)–C–C–N with tert-alkyl or cyclic N) is 1. The van der Waals surface area contributed by atoms with E-state index in [9.17, 15) is 28.6 Å². The minimum atomic E-state index is -2.81. The number of alkyl halides is 2. The fourth-order valence-corrected chi connectivity index (χ4v) is 5.95. The number of carbonyl (C=O) groups is 2. The average Bonchev–Trinajstić information content (AvgIpc) is 2.97. The number of aliphatic hydroxyl groups is 2. The van der Waals surface area contributed by atoms with Crippen LogP contribution in [-0.2, 0) is 4.79 Å². The fourth-order valence-electron chi connectivity index (χ4n) is 5.95. The van der Waals surface area contributed by atoms with Crippen molar-refractivity contribution >= 4 is 18.2 Å². The molecular formula is C30H35F2N5O5. The van der Waals surface area contributed by atoms with Crippen molar-refractivity contribution in [3.63, 3.8) is 0 Å². The van der Waals surface area contributed by atoms with Gasteiger partial charge in [0.25, 0.3) is 0 Å². The molecule has 42 heavy (non-hydrogen) atoms. The normalized spacial score (nSPS) is 25.3. The Morgan fingerprint density at radius 3 is 2.48 bits per heavy atom. The van der Waals surface area contributed by atoms with Crippen molar-refractivity contribution in [1.29, 1.82) is 0 Å². The number of hydrogen-bond acceptors (Lipinski definition) is 8. The predicted octanol–water partition coefficient (Wildman–Crippen LogP) is 2.53. The topological polar surface area (TPSA) is 155 Å². The van der Waals surface area contributed by atoms with Crippen molar-refractivity contribution in [2.24, 2.45) is 22.4 Å². The Labute approximate surface area is 242 Å². The number of benzene rings is 2. The summed E-state index contributed by atoms with van der Waals surface area (Å²) in [6.45, 7) is 0.495. The van der Waals surface area contributed by atoms with E-state index in [1.807, 2.05) is 6.07 Å². The van der Waals surface area contributed by atoms with Gasteiger partial charge in [-0.15, -0.1) is 0 Å². The van der Waals surface area contributed by atoms with E-state index in [2.05, 4.69) is 4.99 Å². The first-order valence-electron chi connectivity index (χ1n) is 13.9. The van der Waals surface area contributed by atoms with Gasteiger partial charge in [-0.2, -0.15) is 0 Å². The standard InChI is InChI=1S/C30H35F2N5O5/c31-30(32)10-9-22(23(16-30)19-5-2-1-3-6-19)27(39)36-13-11-29(41,12-14-36)17-37-18-35-26(24(33)28(37)40)42-21-8-4-7-20(15-21)25(34)38/h1-8,15,18,22-23,28,40-41H,9-14,16-17,33H2,(H2,34,38)/t22-,23+,28?/m1/s1. The third-order valence-electron chi connectivity index (χ3n) is 8.35. The maximum atomic E-state index is 14.4. The van der Waals surface area contributed by atoms with Gasteiger partial charge < -0.3 is 36.2 Å². The molecule has 2 fully saturated rings. The number of carbonyl (C=O) groups excluding carboxylic acids is 2. The number of primary amides is 1. The van der Waals surface area contributed by atoms with Gasteiger partial charge in [0.2, 0.25) is 23.6 Å². The summed E-state index contributed by atoms with van der Waals surface area (Å²) in [6.07, 6.45) is -0.163. The lowest BCUT2D eigenvalue weighted by Gasteiger charge is -2.44. The van der Waals surface area contributed by atoms with E-state index >= 15 is 0 Å². The molecule has 1 saturated heterocycles. The number of aliphatic hydroxyl groups excluding tert-OH is 1. The number of likely N-dealkylation sites (tertiary alicyclic amines) is 1. The van der Waals surface area contributed by atoms with Crippen molar-refractivity contribution in [3.05, 3.63) is 77.3 Å². The van der Waals surface area contributed by atoms with Gasteiger partial charge in [0.1, 0.15) is 11.4 Å². The van der Waals surface area contributed by atoms with Crippen molar-refractivity contribution < 1.29 is 33.3 Å². The highest BCUT2D eigenvalue weighted by atomic mass is 19.3. The van der Waals surface area contributed by atoms with Crippen LogP contribution in [0.25, 0.3) is 0 Å². The highest BCUT2D eigenvalue weighted by Crippen LogP contribution is 2.46. The second kappa shape index (κ2) is 11.7. The second-order valence-electron chi connectivity index (χ2n) is 11.3. The number of ether oxygens (including phenoxy) is 1. The fraction of sp³-hybridized carbons (Fsp3) is 0.433. The zero-order chi connectivity index (χ0) is 30.1. The SMILES string of the molecule is NC(=O)c1cccc(OC2=C(N)C(O)N(CC3(O)CCN(C(=O)[C@@H]4CCC(F)(F)C[C@H]4c4ccccc4)CC3)C=N2)c1. The van der Waals surface area contributed by atoms with Crippen LogP contribution in [0.2, 0.25) is 0 Å². The number of hydrogen-bond donors (Lipinski definition) is 4. The molecule has 1 saturated carbocycles. The van der Waals surface area contributed by atoms with E-state index in [0.29, 0.717) is 0 Å². The molecule has 1 aliphatic carbocycles. The van der Waals surface area contributed by atoms with Crippen LogP contribution in [0.1, 0.15) is 53.9 Å². The lowest BCUT2D eigenvalue weighted by molar-refractivity contribution is -0.146. The molecule has 2 aromatic carbocycles. The Hall–Kier alpha value is -4.03. The van der Waals surface area contributed by atoms with Crippen LogP contribution in [-0.4, -0.2) is 75.6 Å². The first-order valence-corrected chi connectivity index (χ1v) is 13.9. The zero-order valence-corrected chi connectivity index (χ0v) is 23.0. The monoisotopic (exact) mass is 583 g/mol. The molecule has 0 aromatic heterocycles. The van der Waals surface area contributed by atoms with E-state index in [-0.39, 0.29) is 80.5 Å². The number of piperidine rings is 1. The van der Waals surface area contributed by atoms with E-state index < -0.39 is 35.5 Å². The zero-order valence-electron chi connectivity index (χ0n) is 23.0. The Morgan fingerprint density at radius 2 is 1.79 bits per heavy atom. The molecule has 3 aliphatic rings. The summed E-state index contributed by atoms with van der Waals surface area (Å²) in [6, 6.07) is 15.1. The molecule has 2 aromatic rings. The predicted molar refractivity (Wildman–Crippen MR) is 150 cm³/mol. The summed E-state index contributed by atoms with van der Waals surface area (Å²) in [4.78, 5) is 32.2. The van der Waals surface area contributed by atoms with Gasteiger partial charge in [0, 0.05) is 43.3 Å². The smallest absolute Gasteiger partial charge is 0.248 e. The molecule has 10 nitrogen and oxygen atoms in total. The van der Waals surface area contributed by atoms with Crippen LogP contribution in [0.3, 0.4) is 0 Å². The number of nitrogens with zero attached hydrogens (tertiary/aromatic N) is 3. The minimum absolute atomic E-state index is 0.00682. The summed E-state index contributed by atoms with van der Waals surface area (Å²) in [5.74, 6) is -4.54. The number of nitrogens with two attached hydrogens (primary N) is 2. The van der Waals surface area contributed by atoms with Crippen LogP contribution in [0.5, 0.6) is 5.75 Å².